The van der Waals surface area contributed by atoms with Gasteiger partial charge in [0.15, 0.2) is 5.65 Å². The lowest BCUT2D eigenvalue weighted by Crippen LogP contribution is -2.41. The molecule has 2 rings (SSSR count). The quantitative estimate of drug-likeness (QED) is 0.858. The molecule has 0 aliphatic rings. The third-order valence-corrected chi connectivity index (χ3v) is 3.66. The van der Waals surface area contributed by atoms with Crippen LogP contribution in [-0.4, -0.2) is 26.8 Å². The molecule has 5 nitrogen and oxygen atoms in total. The number of likely N-dealkylation sites (N-methyl/N-ethyl adjacent to an activating group) is 1. The minimum atomic E-state index is -0.0678. The predicted molar refractivity (Wildman–Crippen MR) is 76.4 cm³/mol. The average Bonchev–Trinajstić information content (AvgIpc) is 2.75. The van der Waals surface area contributed by atoms with Gasteiger partial charge in [-0.05, 0) is 24.6 Å². The Kier molecular flexibility index (Phi) is 4.37. The molecule has 2 atom stereocenters. The molecule has 2 unspecified atom stereocenters. The summed E-state index contributed by atoms with van der Waals surface area (Å²) in [6, 6.07) is 5.86. The lowest BCUT2D eigenvalue weighted by Gasteiger charge is -2.23. The van der Waals surface area contributed by atoms with E-state index in [0.717, 1.165) is 13.0 Å². The summed E-state index contributed by atoms with van der Waals surface area (Å²) in [7, 11) is 0. The fraction of sp³-hybridized carbons (Fsp3) is 0.571. The monoisotopic (exact) mass is 262 g/mol. The first-order chi connectivity index (χ1) is 9.17. The molecule has 2 aromatic heterocycles. The lowest BCUT2D eigenvalue weighted by molar-refractivity contribution is 0.320. The third kappa shape index (κ3) is 2.87. The van der Waals surface area contributed by atoms with Crippen molar-refractivity contribution >= 4 is 5.65 Å². The van der Waals surface area contributed by atoms with Gasteiger partial charge in [-0.15, -0.1) is 5.10 Å². The van der Waals surface area contributed by atoms with E-state index in [0.29, 0.717) is 18.1 Å². The average molecular weight is 262 g/mol. The van der Waals surface area contributed by atoms with E-state index in [-0.39, 0.29) is 11.7 Å². The predicted octanol–water partition coefficient (Wildman–Crippen LogP) is 1.52. The highest BCUT2D eigenvalue weighted by Crippen LogP contribution is 2.09. The van der Waals surface area contributed by atoms with E-state index in [1.165, 1.54) is 0 Å². The van der Waals surface area contributed by atoms with E-state index in [4.69, 9.17) is 0 Å². The maximum atomic E-state index is 12.2. The van der Waals surface area contributed by atoms with Crippen molar-refractivity contribution in [2.24, 2.45) is 5.92 Å². The Morgan fingerprint density at radius 3 is 2.79 bits per heavy atom. The van der Waals surface area contributed by atoms with Crippen LogP contribution in [0.3, 0.4) is 0 Å². The molecule has 0 saturated carbocycles. The fourth-order valence-electron chi connectivity index (χ4n) is 2.27. The second-order valence-corrected chi connectivity index (χ2v) is 4.94. The highest BCUT2D eigenvalue weighted by Gasteiger charge is 2.17. The molecule has 0 fully saturated rings. The first kappa shape index (κ1) is 13.8. The Bertz CT molecular complexity index is 586. The molecule has 19 heavy (non-hydrogen) atoms. The molecule has 104 valence electrons. The number of rotatable bonds is 6. The maximum absolute atomic E-state index is 12.2. The van der Waals surface area contributed by atoms with E-state index >= 15 is 0 Å². The van der Waals surface area contributed by atoms with Crippen molar-refractivity contribution in [2.75, 3.05) is 6.54 Å². The van der Waals surface area contributed by atoms with E-state index in [9.17, 15) is 4.79 Å². The van der Waals surface area contributed by atoms with E-state index < -0.39 is 0 Å². The largest absolute Gasteiger partial charge is 0.350 e. The van der Waals surface area contributed by atoms with Gasteiger partial charge in [0, 0.05) is 12.2 Å². The van der Waals surface area contributed by atoms with Crippen LogP contribution in [-0.2, 0) is 6.54 Å². The third-order valence-electron chi connectivity index (χ3n) is 3.66. The molecule has 2 heterocycles. The van der Waals surface area contributed by atoms with Gasteiger partial charge in [0.25, 0.3) is 0 Å². The van der Waals surface area contributed by atoms with Crippen molar-refractivity contribution in [3.05, 3.63) is 34.9 Å². The Balaban J connectivity index is 2.28. The molecule has 0 amide bonds. The van der Waals surface area contributed by atoms with Crippen molar-refractivity contribution in [2.45, 2.75) is 39.8 Å². The van der Waals surface area contributed by atoms with Gasteiger partial charge in [0.1, 0.15) is 0 Å². The van der Waals surface area contributed by atoms with Crippen molar-refractivity contribution in [1.29, 1.82) is 0 Å². The highest BCUT2D eigenvalue weighted by atomic mass is 16.2. The molecule has 5 heteroatoms. The van der Waals surface area contributed by atoms with Gasteiger partial charge < -0.3 is 5.32 Å². The molecule has 0 spiro atoms. The topological polar surface area (TPSA) is 51.3 Å². The Morgan fingerprint density at radius 1 is 1.37 bits per heavy atom. The van der Waals surface area contributed by atoms with Crippen LogP contribution in [0, 0.1) is 5.92 Å². The van der Waals surface area contributed by atoms with Crippen LogP contribution in [0.5, 0.6) is 0 Å². The van der Waals surface area contributed by atoms with Gasteiger partial charge >= 0.3 is 5.69 Å². The van der Waals surface area contributed by atoms with Gasteiger partial charge in [-0.3, -0.25) is 4.40 Å². The van der Waals surface area contributed by atoms with Gasteiger partial charge in [-0.25, -0.2) is 9.48 Å². The van der Waals surface area contributed by atoms with Crippen molar-refractivity contribution in [1.82, 2.24) is 19.5 Å². The van der Waals surface area contributed by atoms with Gasteiger partial charge in [0.05, 0.1) is 6.54 Å². The van der Waals surface area contributed by atoms with Gasteiger partial charge in [0.2, 0.25) is 0 Å². The SMILES string of the molecule is CCNC(Cn1nc2ccccn2c1=O)C(C)CC. The summed E-state index contributed by atoms with van der Waals surface area (Å²) in [5.41, 5.74) is 0.633. The molecule has 0 aliphatic heterocycles. The number of hydrogen-bond acceptors (Lipinski definition) is 3. The van der Waals surface area contributed by atoms with Gasteiger partial charge in [-0.1, -0.05) is 33.3 Å². The second-order valence-electron chi connectivity index (χ2n) is 4.94. The van der Waals surface area contributed by atoms with E-state index in [2.05, 4.69) is 31.2 Å². The van der Waals surface area contributed by atoms with Crippen LogP contribution >= 0.6 is 0 Å². The van der Waals surface area contributed by atoms with Crippen molar-refractivity contribution in [3.8, 4) is 0 Å². The number of aromatic nitrogens is 3. The fourth-order valence-corrected chi connectivity index (χ4v) is 2.27. The summed E-state index contributed by atoms with van der Waals surface area (Å²) >= 11 is 0. The zero-order valence-electron chi connectivity index (χ0n) is 11.8. The summed E-state index contributed by atoms with van der Waals surface area (Å²) < 4.78 is 3.15. The first-order valence-corrected chi connectivity index (χ1v) is 6.95. The summed E-state index contributed by atoms with van der Waals surface area (Å²) in [6.45, 7) is 7.97. The Labute approximate surface area is 113 Å². The molecule has 0 saturated heterocycles. The van der Waals surface area contributed by atoms with E-state index in [1.54, 1.807) is 15.3 Å². The molecule has 2 aromatic rings. The van der Waals surface area contributed by atoms with Crippen LogP contribution < -0.4 is 11.0 Å². The van der Waals surface area contributed by atoms with Crippen LogP contribution in [0.15, 0.2) is 29.2 Å². The zero-order valence-corrected chi connectivity index (χ0v) is 11.8. The maximum Gasteiger partial charge on any atom is 0.350 e. The molecule has 0 bridgehead atoms. The Morgan fingerprint density at radius 2 is 2.16 bits per heavy atom. The van der Waals surface area contributed by atoms with Crippen LogP contribution in [0.4, 0.5) is 0 Å². The molecule has 0 aliphatic carbocycles. The normalized spacial score (nSPS) is 14.7. The van der Waals surface area contributed by atoms with E-state index in [1.807, 2.05) is 18.2 Å². The minimum absolute atomic E-state index is 0.0678. The molecular formula is C14H22N4O. The smallest absolute Gasteiger partial charge is 0.312 e. The summed E-state index contributed by atoms with van der Waals surface area (Å²) in [5, 5.41) is 7.82. The van der Waals surface area contributed by atoms with Crippen molar-refractivity contribution in [3.63, 3.8) is 0 Å². The molecule has 0 aromatic carbocycles. The first-order valence-electron chi connectivity index (χ1n) is 6.95. The number of hydrogen-bond donors (Lipinski definition) is 1. The Hall–Kier alpha value is -1.62. The highest BCUT2D eigenvalue weighted by molar-refractivity contribution is 5.35. The molecular weight excluding hydrogens is 240 g/mol. The van der Waals surface area contributed by atoms with Crippen LogP contribution in [0.2, 0.25) is 0 Å². The molecule has 0 radical (unpaired) electrons. The van der Waals surface area contributed by atoms with Crippen molar-refractivity contribution < 1.29 is 0 Å². The lowest BCUT2D eigenvalue weighted by atomic mass is 9.99. The second kappa shape index (κ2) is 6.02. The zero-order chi connectivity index (χ0) is 13.8. The van der Waals surface area contributed by atoms with Crippen LogP contribution in [0.25, 0.3) is 5.65 Å². The number of nitrogens with zero attached hydrogens (tertiary/aromatic N) is 3. The summed E-state index contributed by atoms with van der Waals surface area (Å²) in [6.07, 6.45) is 2.84. The molecule has 1 N–H and O–H groups in total. The van der Waals surface area contributed by atoms with Gasteiger partial charge in [-0.2, -0.15) is 0 Å². The number of fused-ring (bicyclic) bond motifs is 1. The minimum Gasteiger partial charge on any atom is -0.312 e. The number of nitrogens with one attached hydrogen (secondary N) is 1. The summed E-state index contributed by atoms with van der Waals surface area (Å²) in [5.74, 6) is 0.511. The van der Waals surface area contributed by atoms with Crippen LogP contribution in [0.1, 0.15) is 27.2 Å². The standard InChI is InChI=1S/C14H22N4O/c1-4-11(3)12(15-5-2)10-18-14(19)17-9-7-6-8-13(17)16-18/h6-9,11-12,15H,4-5,10H2,1-3H3. The summed E-state index contributed by atoms with van der Waals surface area (Å²) in [4.78, 5) is 12.2. The number of pyridine rings is 1.